The van der Waals surface area contributed by atoms with Gasteiger partial charge in [0.2, 0.25) is 0 Å². The maximum Gasteiger partial charge on any atom is 0.257 e. The van der Waals surface area contributed by atoms with Crippen LogP contribution in [0.3, 0.4) is 0 Å². The minimum absolute atomic E-state index is 0.268. The molecule has 1 aliphatic rings. The Morgan fingerprint density at radius 1 is 1.12 bits per heavy atom. The van der Waals surface area contributed by atoms with Crippen LogP contribution in [0, 0.1) is 6.92 Å². The summed E-state index contributed by atoms with van der Waals surface area (Å²) in [6, 6.07) is 14.5. The Labute approximate surface area is 142 Å². The zero-order chi connectivity index (χ0) is 16.9. The molecule has 0 radical (unpaired) electrons. The van der Waals surface area contributed by atoms with Crippen molar-refractivity contribution in [2.45, 2.75) is 44.8 Å². The standard InChI is InChI=1S/C20H23NO3/c1-14-17(12-7-13-18(14)24-16-10-5-6-11-16)21-20(23)19(22)15-8-3-2-4-9-15/h2-4,7-9,12-13,16,19,22H,5-6,10-11H2,1H3,(H,21,23). The third-order valence-electron chi connectivity index (χ3n) is 4.50. The molecule has 1 amide bonds. The van der Waals surface area contributed by atoms with Crippen molar-refractivity contribution in [1.29, 1.82) is 0 Å². The van der Waals surface area contributed by atoms with Crippen molar-refractivity contribution in [3.63, 3.8) is 0 Å². The van der Waals surface area contributed by atoms with E-state index in [1.54, 1.807) is 24.3 Å². The highest BCUT2D eigenvalue weighted by Gasteiger charge is 2.20. The van der Waals surface area contributed by atoms with E-state index in [4.69, 9.17) is 4.74 Å². The van der Waals surface area contributed by atoms with Crippen LogP contribution in [0.25, 0.3) is 0 Å². The number of rotatable bonds is 5. The number of hydrogen-bond acceptors (Lipinski definition) is 3. The summed E-state index contributed by atoms with van der Waals surface area (Å²) in [5.74, 6) is 0.358. The van der Waals surface area contributed by atoms with Crippen molar-refractivity contribution in [2.24, 2.45) is 0 Å². The van der Waals surface area contributed by atoms with Crippen LogP contribution in [0.15, 0.2) is 48.5 Å². The molecule has 0 spiro atoms. The van der Waals surface area contributed by atoms with Gasteiger partial charge in [0.05, 0.1) is 6.10 Å². The number of aliphatic hydroxyl groups excluding tert-OH is 1. The molecule has 4 heteroatoms. The lowest BCUT2D eigenvalue weighted by molar-refractivity contribution is -0.124. The van der Waals surface area contributed by atoms with Crippen LogP contribution in [-0.2, 0) is 4.79 Å². The van der Waals surface area contributed by atoms with E-state index in [9.17, 15) is 9.90 Å². The fourth-order valence-corrected chi connectivity index (χ4v) is 3.05. The third-order valence-corrected chi connectivity index (χ3v) is 4.50. The molecule has 1 atom stereocenters. The molecule has 0 aliphatic heterocycles. The molecule has 2 aromatic rings. The number of hydrogen-bond donors (Lipinski definition) is 2. The molecule has 126 valence electrons. The van der Waals surface area contributed by atoms with E-state index in [0.717, 1.165) is 24.2 Å². The second kappa shape index (κ2) is 7.49. The first-order valence-electron chi connectivity index (χ1n) is 8.45. The van der Waals surface area contributed by atoms with Gasteiger partial charge in [-0.3, -0.25) is 4.79 Å². The summed E-state index contributed by atoms with van der Waals surface area (Å²) in [4.78, 5) is 12.3. The predicted molar refractivity (Wildman–Crippen MR) is 94.1 cm³/mol. The van der Waals surface area contributed by atoms with E-state index in [2.05, 4.69) is 5.32 Å². The van der Waals surface area contributed by atoms with Gasteiger partial charge in [-0.1, -0.05) is 36.4 Å². The lowest BCUT2D eigenvalue weighted by Crippen LogP contribution is -2.21. The Balaban J connectivity index is 1.71. The van der Waals surface area contributed by atoms with E-state index in [-0.39, 0.29) is 6.10 Å². The molecule has 1 saturated carbocycles. The van der Waals surface area contributed by atoms with E-state index in [1.165, 1.54) is 12.8 Å². The molecule has 1 fully saturated rings. The van der Waals surface area contributed by atoms with Gasteiger partial charge in [-0.25, -0.2) is 0 Å². The summed E-state index contributed by atoms with van der Waals surface area (Å²) >= 11 is 0. The minimum Gasteiger partial charge on any atom is -0.490 e. The first kappa shape index (κ1) is 16.5. The number of aliphatic hydroxyl groups is 1. The lowest BCUT2D eigenvalue weighted by Gasteiger charge is -2.18. The van der Waals surface area contributed by atoms with Gasteiger partial charge in [0, 0.05) is 11.3 Å². The molecule has 3 rings (SSSR count). The summed E-state index contributed by atoms with van der Waals surface area (Å²) in [6.45, 7) is 1.93. The number of carbonyl (C=O) groups is 1. The number of ether oxygens (including phenoxy) is 1. The highest BCUT2D eigenvalue weighted by molar-refractivity contribution is 5.95. The average Bonchev–Trinajstić information content (AvgIpc) is 3.11. The molecule has 2 N–H and O–H groups in total. The summed E-state index contributed by atoms with van der Waals surface area (Å²) in [6.07, 6.45) is 3.67. The fraction of sp³-hybridized carbons (Fsp3) is 0.350. The molecule has 0 aromatic heterocycles. The topological polar surface area (TPSA) is 58.6 Å². The summed E-state index contributed by atoms with van der Waals surface area (Å²) < 4.78 is 6.06. The molecule has 24 heavy (non-hydrogen) atoms. The molecule has 1 aliphatic carbocycles. The molecule has 4 nitrogen and oxygen atoms in total. The van der Waals surface area contributed by atoms with E-state index in [0.29, 0.717) is 11.3 Å². The van der Waals surface area contributed by atoms with Crippen LogP contribution in [0.1, 0.15) is 42.9 Å². The first-order chi connectivity index (χ1) is 11.6. The van der Waals surface area contributed by atoms with Gasteiger partial charge in [0.1, 0.15) is 5.75 Å². The zero-order valence-corrected chi connectivity index (χ0v) is 13.9. The normalized spacial score (nSPS) is 15.9. The highest BCUT2D eigenvalue weighted by atomic mass is 16.5. The molecule has 0 saturated heterocycles. The van der Waals surface area contributed by atoms with Crippen molar-refractivity contribution in [2.75, 3.05) is 5.32 Å². The monoisotopic (exact) mass is 325 g/mol. The average molecular weight is 325 g/mol. The van der Waals surface area contributed by atoms with E-state index in [1.807, 2.05) is 31.2 Å². The van der Waals surface area contributed by atoms with Gasteiger partial charge >= 0.3 is 0 Å². The van der Waals surface area contributed by atoms with Crippen LogP contribution in [0.4, 0.5) is 5.69 Å². The van der Waals surface area contributed by atoms with Crippen molar-refractivity contribution >= 4 is 11.6 Å². The minimum atomic E-state index is -1.19. The SMILES string of the molecule is Cc1c(NC(=O)C(O)c2ccccc2)cccc1OC1CCCC1. The Kier molecular flexibility index (Phi) is 5.16. The van der Waals surface area contributed by atoms with Crippen molar-refractivity contribution in [3.05, 3.63) is 59.7 Å². The number of carbonyl (C=O) groups excluding carboxylic acids is 1. The summed E-state index contributed by atoms with van der Waals surface area (Å²) in [7, 11) is 0. The summed E-state index contributed by atoms with van der Waals surface area (Å²) in [5, 5.41) is 13.0. The number of amides is 1. The van der Waals surface area contributed by atoms with Crippen molar-refractivity contribution in [1.82, 2.24) is 0 Å². The molecule has 2 aromatic carbocycles. The van der Waals surface area contributed by atoms with Crippen LogP contribution in [0.5, 0.6) is 5.75 Å². The number of anilines is 1. The van der Waals surface area contributed by atoms with Gasteiger partial charge < -0.3 is 15.2 Å². The fourth-order valence-electron chi connectivity index (χ4n) is 3.05. The van der Waals surface area contributed by atoms with E-state index < -0.39 is 12.0 Å². The highest BCUT2D eigenvalue weighted by Crippen LogP contribution is 2.30. The predicted octanol–water partition coefficient (Wildman–Crippen LogP) is 3.99. The van der Waals surface area contributed by atoms with Gasteiger partial charge in [-0.2, -0.15) is 0 Å². The number of benzene rings is 2. The largest absolute Gasteiger partial charge is 0.490 e. The number of nitrogens with one attached hydrogen (secondary N) is 1. The van der Waals surface area contributed by atoms with Crippen molar-refractivity contribution < 1.29 is 14.6 Å². The second-order valence-electron chi connectivity index (χ2n) is 6.26. The van der Waals surface area contributed by atoms with Crippen LogP contribution in [-0.4, -0.2) is 17.1 Å². The molecular formula is C20H23NO3. The van der Waals surface area contributed by atoms with Gasteiger partial charge in [0.25, 0.3) is 5.91 Å². The van der Waals surface area contributed by atoms with Crippen LogP contribution < -0.4 is 10.1 Å². The van der Waals surface area contributed by atoms with Crippen LogP contribution >= 0.6 is 0 Å². The summed E-state index contributed by atoms with van der Waals surface area (Å²) in [5.41, 5.74) is 2.13. The van der Waals surface area contributed by atoms with Gasteiger partial charge in [-0.05, 0) is 50.3 Å². The Hall–Kier alpha value is -2.33. The Morgan fingerprint density at radius 2 is 1.83 bits per heavy atom. The second-order valence-corrected chi connectivity index (χ2v) is 6.26. The quantitative estimate of drug-likeness (QED) is 0.874. The molecule has 1 unspecified atom stereocenters. The third kappa shape index (κ3) is 3.77. The maximum absolute atomic E-state index is 12.3. The molecule has 0 heterocycles. The van der Waals surface area contributed by atoms with Crippen LogP contribution in [0.2, 0.25) is 0 Å². The van der Waals surface area contributed by atoms with E-state index >= 15 is 0 Å². The lowest BCUT2D eigenvalue weighted by atomic mass is 10.1. The maximum atomic E-state index is 12.3. The smallest absolute Gasteiger partial charge is 0.257 e. The van der Waals surface area contributed by atoms with Gasteiger partial charge in [-0.15, -0.1) is 0 Å². The van der Waals surface area contributed by atoms with Crippen molar-refractivity contribution in [3.8, 4) is 5.75 Å². The Morgan fingerprint density at radius 3 is 2.54 bits per heavy atom. The Bertz CT molecular complexity index is 693. The molecule has 0 bridgehead atoms. The van der Waals surface area contributed by atoms with Gasteiger partial charge in [0.15, 0.2) is 6.10 Å². The first-order valence-corrected chi connectivity index (χ1v) is 8.45. The zero-order valence-electron chi connectivity index (χ0n) is 13.9. The molecular weight excluding hydrogens is 302 g/mol.